The van der Waals surface area contributed by atoms with Gasteiger partial charge < -0.3 is 13.6 Å². The van der Waals surface area contributed by atoms with Crippen molar-refractivity contribution >= 4 is 5.97 Å². The monoisotopic (exact) mass is 293 g/mol. The molecule has 21 heavy (non-hydrogen) atoms. The zero-order valence-corrected chi connectivity index (χ0v) is 12.3. The number of hydrogen-bond donors (Lipinski definition) is 1. The van der Waals surface area contributed by atoms with Crippen LogP contribution in [0.25, 0.3) is 11.7 Å². The fraction of sp³-hybridized carbons (Fsp3) is 0.500. The molecular weight excluding hydrogens is 274 g/mol. The number of methoxy groups -OCH3 is 1. The number of rotatable bonds is 7. The highest BCUT2D eigenvalue weighted by molar-refractivity contribution is 5.75. The van der Waals surface area contributed by atoms with Crippen molar-refractivity contribution in [1.82, 2.24) is 15.5 Å². The fourth-order valence-corrected chi connectivity index (χ4v) is 1.91. The Labute approximate surface area is 122 Å². The van der Waals surface area contributed by atoms with E-state index in [0.717, 1.165) is 0 Å². The van der Waals surface area contributed by atoms with Crippen molar-refractivity contribution < 1.29 is 18.4 Å². The van der Waals surface area contributed by atoms with Gasteiger partial charge in [-0.25, -0.2) is 0 Å². The lowest BCUT2D eigenvalue weighted by atomic mass is 10.0. The Morgan fingerprint density at radius 3 is 2.86 bits per heavy atom. The highest BCUT2D eigenvalue weighted by Crippen LogP contribution is 2.17. The van der Waals surface area contributed by atoms with Gasteiger partial charge in [0.25, 0.3) is 5.89 Å². The van der Waals surface area contributed by atoms with E-state index in [1.54, 1.807) is 12.1 Å². The van der Waals surface area contributed by atoms with Gasteiger partial charge in [-0.2, -0.15) is 0 Å². The summed E-state index contributed by atoms with van der Waals surface area (Å²) < 4.78 is 15.4. The number of ether oxygens (including phenoxy) is 1. The summed E-state index contributed by atoms with van der Waals surface area (Å²) in [5, 5.41) is 10.9. The molecule has 0 bridgehead atoms. The summed E-state index contributed by atoms with van der Waals surface area (Å²) >= 11 is 0. The fourth-order valence-electron chi connectivity index (χ4n) is 1.91. The molecule has 7 nitrogen and oxygen atoms in total. The molecule has 0 fully saturated rings. The zero-order chi connectivity index (χ0) is 15.2. The van der Waals surface area contributed by atoms with Crippen LogP contribution in [0.2, 0.25) is 0 Å². The topological polar surface area (TPSA) is 90.4 Å². The number of aromatic nitrogens is 2. The summed E-state index contributed by atoms with van der Waals surface area (Å²) in [7, 11) is 1.37. The summed E-state index contributed by atoms with van der Waals surface area (Å²) in [5.74, 6) is 1.28. The largest absolute Gasteiger partial charge is 0.468 e. The molecule has 0 aromatic carbocycles. The van der Waals surface area contributed by atoms with E-state index in [1.165, 1.54) is 13.4 Å². The molecule has 0 saturated heterocycles. The highest BCUT2D eigenvalue weighted by Gasteiger charge is 2.21. The predicted molar refractivity (Wildman–Crippen MR) is 74.1 cm³/mol. The van der Waals surface area contributed by atoms with E-state index in [9.17, 15) is 4.79 Å². The Balaban J connectivity index is 1.96. The van der Waals surface area contributed by atoms with Crippen LogP contribution >= 0.6 is 0 Å². The second-order valence-corrected chi connectivity index (χ2v) is 5.06. The maximum absolute atomic E-state index is 11.7. The third-order valence-electron chi connectivity index (χ3n) is 2.89. The van der Waals surface area contributed by atoms with E-state index in [0.29, 0.717) is 36.4 Å². The van der Waals surface area contributed by atoms with E-state index >= 15 is 0 Å². The van der Waals surface area contributed by atoms with Gasteiger partial charge in [0.15, 0.2) is 5.76 Å². The van der Waals surface area contributed by atoms with Crippen LogP contribution in [0.15, 0.2) is 27.2 Å². The van der Waals surface area contributed by atoms with Crippen LogP contribution in [0, 0.1) is 5.92 Å². The lowest BCUT2D eigenvalue weighted by molar-refractivity contribution is -0.143. The highest BCUT2D eigenvalue weighted by atomic mass is 16.5. The minimum absolute atomic E-state index is 0.292. The Bertz CT molecular complexity index is 563. The average Bonchev–Trinajstić information content (AvgIpc) is 3.12. The molecule has 0 amide bonds. The second-order valence-electron chi connectivity index (χ2n) is 5.06. The minimum Gasteiger partial charge on any atom is -0.468 e. The maximum atomic E-state index is 11.7. The first-order valence-electron chi connectivity index (χ1n) is 6.77. The van der Waals surface area contributed by atoms with E-state index in [2.05, 4.69) is 15.5 Å². The third kappa shape index (κ3) is 4.16. The van der Waals surface area contributed by atoms with E-state index in [-0.39, 0.29) is 5.97 Å². The van der Waals surface area contributed by atoms with Crippen LogP contribution < -0.4 is 5.32 Å². The van der Waals surface area contributed by atoms with E-state index in [4.69, 9.17) is 13.6 Å². The molecule has 1 atom stereocenters. The van der Waals surface area contributed by atoms with Gasteiger partial charge in [-0.05, 0) is 24.5 Å². The van der Waals surface area contributed by atoms with E-state index in [1.807, 2.05) is 13.8 Å². The van der Waals surface area contributed by atoms with Crippen molar-refractivity contribution in [2.45, 2.75) is 32.9 Å². The first-order chi connectivity index (χ1) is 10.1. The molecule has 2 rings (SSSR count). The molecule has 2 aromatic rings. The van der Waals surface area contributed by atoms with Crippen LogP contribution in [-0.4, -0.2) is 29.3 Å². The van der Waals surface area contributed by atoms with Crippen LogP contribution in [0.5, 0.6) is 0 Å². The number of nitrogens with zero attached hydrogens (tertiary/aromatic N) is 2. The Morgan fingerprint density at radius 2 is 2.24 bits per heavy atom. The van der Waals surface area contributed by atoms with Gasteiger partial charge >= 0.3 is 5.97 Å². The summed E-state index contributed by atoms with van der Waals surface area (Å²) in [5.41, 5.74) is 0. The SMILES string of the molecule is COC(=O)C(CC(C)C)NCc1nnc(-c2ccco2)o1. The Hall–Kier alpha value is -2.15. The smallest absolute Gasteiger partial charge is 0.322 e. The molecule has 2 heterocycles. The molecule has 1 unspecified atom stereocenters. The summed E-state index contributed by atoms with van der Waals surface area (Å²) in [6.07, 6.45) is 2.21. The summed E-state index contributed by atoms with van der Waals surface area (Å²) in [4.78, 5) is 11.7. The predicted octanol–water partition coefficient (Wildman–Crippen LogP) is 2.01. The molecule has 0 radical (unpaired) electrons. The van der Waals surface area contributed by atoms with Crippen molar-refractivity contribution in [3.63, 3.8) is 0 Å². The lowest BCUT2D eigenvalue weighted by Gasteiger charge is -2.17. The molecule has 114 valence electrons. The van der Waals surface area contributed by atoms with Crippen molar-refractivity contribution in [3.8, 4) is 11.7 Å². The number of furan rings is 1. The van der Waals surface area contributed by atoms with E-state index < -0.39 is 6.04 Å². The molecule has 0 aliphatic carbocycles. The summed E-state index contributed by atoms with van der Waals surface area (Å²) in [6.45, 7) is 4.37. The van der Waals surface area contributed by atoms with Crippen molar-refractivity contribution in [2.24, 2.45) is 5.92 Å². The van der Waals surface area contributed by atoms with Gasteiger partial charge in [-0.3, -0.25) is 10.1 Å². The number of nitrogens with one attached hydrogen (secondary N) is 1. The Kier molecular flexibility index (Phi) is 5.10. The maximum Gasteiger partial charge on any atom is 0.322 e. The first kappa shape index (κ1) is 15.2. The van der Waals surface area contributed by atoms with Crippen LogP contribution in [0.3, 0.4) is 0 Å². The molecule has 7 heteroatoms. The van der Waals surface area contributed by atoms with Gasteiger partial charge in [0.1, 0.15) is 6.04 Å². The molecule has 0 spiro atoms. The van der Waals surface area contributed by atoms with Gasteiger partial charge in [0, 0.05) is 0 Å². The zero-order valence-electron chi connectivity index (χ0n) is 12.3. The molecule has 0 saturated carbocycles. The molecule has 2 aromatic heterocycles. The molecule has 0 aliphatic rings. The molecular formula is C14H19N3O4. The average molecular weight is 293 g/mol. The number of hydrogen-bond acceptors (Lipinski definition) is 7. The minimum atomic E-state index is -0.394. The second kappa shape index (κ2) is 7.03. The first-order valence-corrected chi connectivity index (χ1v) is 6.77. The Morgan fingerprint density at radius 1 is 1.43 bits per heavy atom. The quantitative estimate of drug-likeness (QED) is 0.781. The lowest BCUT2D eigenvalue weighted by Crippen LogP contribution is -2.38. The molecule has 1 N–H and O–H groups in total. The third-order valence-corrected chi connectivity index (χ3v) is 2.89. The normalized spacial score (nSPS) is 12.6. The van der Waals surface area contributed by atoms with Crippen molar-refractivity contribution in [2.75, 3.05) is 7.11 Å². The standard InChI is InChI=1S/C14H19N3O4/c1-9(2)7-10(14(18)19-3)15-8-12-16-17-13(21-12)11-5-4-6-20-11/h4-6,9-10,15H,7-8H2,1-3H3. The summed E-state index contributed by atoms with van der Waals surface area (Å²) in [6, 6.07) is 3.09. The number of esters is 1. The van der Waals surface area contributed by atoms with Crippen molar-refractivity contribution in [1.29, 1.82) is 0 Å². The van der Waals surface area contributed by atoms with Crippen LogP contribution in [0.4, 0.5) is 0 Å². The van der Waals surface area contributed by atoms with Crippen molar-refractivity contribution in [3.05, 3.63) is 24.3 Å². The molecule has 0 aliphatic heterocycles. The number of carbonyl (C=O) groups excluding carboxylic acids is 1. The van der Waals surface area contributed by atoms with Gasteiger partial charge in [0.05, 0.1) is 19.9 Å². The van der Waals surface area contributed by atoms with Gasteiger partial charge in [0.2, 0.25) is 5.89 Å². The number of carbonyl (C=O) groups is 1. The van der Waals surface area contributed by atoms with Crippen LogP contribution in [0.1, 0.15) is 26.2 Å². The van der Waals surface area contributed by atoms with Gasteiger partial charge in [-0.1, -0.05) is 13.8 Å². The van der Waals surface area contributed by atoms with Crippen LogP contribution in [-0.2, 0) is 16.1 Å². The van der Waals surface area contributed by atoms with Gasteiger partial charge in [-0.15, -0.1) is 10.2 Å².